The van der Waals surface area contributed by atoms with Crippen LogP contribution in [0.25, 0.3) is 0 Å². The molecule has 1 saturated heterocycles. The summed E-state index contributed by atoms with van der Waals surface area (Å²) in [7, 11) is 3.11. The fraction of sp³-hybridized carbons (Fsp3) is 0.781. The van der Waals surface area contributed by atoms with Crippen molar-refractivity contribution in [3.05, 3.63) is 59.3 Å². The minimum Gasteiger partial charge on any atom is -0.377 e. The zero-order valence-electron chi connectivity index (χ0n) is 47.5. The van der Waals surface area contributed by atoms with Gasteiger partial charge in [0.15, 0.2) is 6.29 Å². The van der Waals surface area contributed by atoms with Crippen molar-refractivity contribution in [3.8, 4) is 0 Å². The number of ether oxygens (including phenoxy) is 3. The Bertz CT molecular complexity index is 1800. The summed E-state index contributed by atoms with van der Waals surface area (Å²) in [6, 6.07) is 0. The maximum Gasteiger partial charge on any atom is 0.254 e. The van der Waals surface area contributed by atoms with Gasteiger partial charge in [-0.3, -0.25) is 19.4 Å². The lowest BCUT2D eigenvalue weighted by Gasteiger charge is -2.43. The number of hydrogen-bond donors (Lipinski definition) is 0. The average Bonchev–Trinajstić information content (AvgIpc) is 4.31. The van der Waals surface area contributed by atoms with Crippen LogP contribution in [-0.2, 0) is 28.6 Å². The van der Waals surface area contributed by atoms with Gasteiger partial charge >= 0.3 is 0 Å². The highest BCUT2D eigenvalue weighted by Crippen LogP contribution is 2.46. The molecule has 4 aliphatic rings. The Balaban J connectivity index is 1.18. The van der Waals surface area contributed by atoms with Gasteiger partial charge in [0, 0.05) is 51.2 Å². The van der Waals surface area contributed by atoms with Crippen molar-refractivity contribution in [1.29, 1.82) is 0 Å². The third-order valence-electron chi connectivity index (χ3n) is 18.2. The number of rotatable bonds is 34. The lowest BCUT2D eigenvalue weighted by Crippen LogP contribution is -2.55. The maximum atomic E-state index is 13.7. The van der Waals surface area contributed by atoms with Gasteiger partial charge in [-0.05, 0) is 201 Å². The van der Waals surface area contributed by atoms with Crippen LogP contribution in [0.15, 0.2) is 64.2 Å². The molecule has 3 saturated carbocycles. The summed E-state index contributed by atoms with van der Waals surface area (Å²) >= 11 is 0. The van der Waals surface area contributed by atoms with Gasteiger partial charge in [0.1, 0.15) is 5.78 Å². The largest absolute Gasteiger partial charge is 0.377 e. The van der Waals surface area contributed by atoms with E-state index in [1.807, 2.05) is 32.1 Å². The minimum atomic E-state index is -1.53. The highest BCUT2D eigenvalue weighted by Gasteiger charge is 2.50. The van der Waals surface area contributed by atoms with E-state index in [9.17, 15) is 14.4 Å². The summed E-state index contributed by atoms with van der Waals surface area (Å²) in [6.07, 6.45) is 42.4. The quantitative estimate of drug-likeness (QED) is 0.0159. The van der Waals surface area contributed by atoms with Crippen molar-refractivity contribution in [2.75, 3.05) is 20.8 Å². The van der Waals surface area contributed by atoms with E-state index in [0.717, 1.165) is 86.2 Å². The maximum absolute atomic E-state index is 13.7. The van der Waals surface area contributed by atoms with E-state index in [-0.39, 0.29) is 24.0 Å². The van der Waals surface area contributed by atoms with E-state index in [2.05, 4.69) is 79.7 Å². The summed E-state index contributed by atoms with van der Waals surface area (Å²) in [6.45, 7) is 23.3. The predicted octanol–water partition coefficient (Wildman–Crippen LogP) is 16.4. The molecule has 71 heavy (non-hydrogen) atoms. The Morgan fingerprint density at radius 1 is 0.817 bits per heavy atom. The van der Waals surface area contributed by atoms with Crippen molar-refractivity contribution in [3.63, 3.8) is 0 Å². The molecule has 9 unspecified atom stereocenters. The van der Waals surface area contributed by atoms with Crippen LogP contribution in [-0.4, -0.2) is 62.3 Å². The molecule has 4 rings (SSSR count). The van der Waals surface area contributed by atoms with Crippen LogP contribution in [0.1, 0.15) is 217 Å². The number of carbonyl (C=O) groups excluding carboxylic acids is 3. The molecule has 0 radical (unpaired) electrons. The van der Waals surface area contributed by atoms with Crippen LogP contribution < -0.4 is 0 Å². The van der Waals surface area contributed by atoms with E-state index in [1.54, 1.807) is 7.11 Å². The van der Waals surface area contributed by atoms with Gasteiger partial charge in [-0.2, -0.15) is 0 Å². The molecule has 12 atom stereocenters. The molecular weight excluding hydrogens is 879 g/mol. The van der Waals surface area contributed by atoms with Crippen LogP contribution in [0.2, 0.25) is 0 Å². The number of hydrogen-bond acceptors (Lipinski definition) is 7. The van der Waals surface area contributed by atoms with E-state index in [0.29, 0.717) is 42.7 Å². The zero-order valence-corrected chi connectivity index (χ0v) is 47.5. The van der Waals surface area contributed by atoms with E-state index in [4.69, 9.17) is 19.2 Å². The number of carbonyl (C=O) groups is 3. The molecule has 4 fully saturated rings. The van der Waals surface area contributed by atoms with Crippen molar-refractivity contribution >= 4 is 23.6 Å². The highest BCUT2D eigenvalue weighted by atomic mass is 16.7. The third-order valence-corrected chi connectivity index (χ3v) is 18.2. The van der Waals surface area contributed by atoms with Crippen molar-refractivity contribution in [1.82, 2.24) is 0 Å². The molecule has 7 heteroatoms. The third kappa shape index (κ3) is 19.8. The summed E-state index contributed by atoms with van der Waals surface area (Å²) in [4.78, 5) is 42.5. The van der Waals surface area contributed by atoms with Crippen molar-refractivity contribution < 1.29 is 28.6 Å². The molecule has 0 aromatic rings. The van der Waals surface area contributed by atoms with Gasteiger partial charge in [0.2, 0.25) is 5.79 Å². The summed E-state index contributed by atoms with van der Waals surface area (Å²) in [5, 5.41) is 0. The zero-order chi connectivity index (χ0) is 51.9. The monoisotopic (exact) mass is 984 g/mol. The molecule has 7 nitrogen and oxygen atoms in total. The first-order valence-corrected chi connectivity index (χ1v) is 29.3. The lowest BCUT2D eigenvalue weighted by molar-refractivity contribution is -0.275. The first-order chi connectivity index (χ1) is 34.2. The van der Waals surface area contributed by atoms with Gasteiger partial charge in [0.25, 0.3) is 5.78 Å². The number of ketones is 2. The molecule has 1 heterocycles. The van der Waals surface area contributed by atoms with Crippen LogP contribution in [0, 0.1) is 65.1 Å². The second kappa shape index (κ2) is 31.9. The van der Waals surface area contributed by atoms with Crippen molar-refractivity contribution in [2.24, 2.45) is 70.1 Å². The van der Waals surface area contributed by atoms with Crippen LogP contribution in [0.5, 0.6) is 0 Å². The fourth-order valence-corrected chi connectivity index (χ4v) is 12.8. The van der Waals surface area contributed by atoms with E-state index >= 15 is 0 Å². The minimum absolute atomic E-state index is 0.0552. The average molecular weight is 985 g/mol. The van der Waals surface area contributed by atoms with E-state index < -0.39 is 11.6 Å². The molecular formula is C64H105NO6. The van der Waals surface area contributed by atoms with Gasteiger partial charge in [0.05, 0.1) is 12.2 Å². The number of allylic oxidation sites excluding steroid dienone is 9. The standard InChI is InChI=1S/C64H105NO6/c1-13-51(29-39-60(65-16-4)53(14-2)15-3)41-52-27-25-46(6)54(31-28-52)32-33-55(56-34-35-56)30-24-45(5)40-49(9)59(57-36-37-57)43-61(67)47(7)22-20-18-17-19-21-23-48(8)62(69-11)42-58-38-26-50(10)64(70-12,71-58)63(68)44-66/h14,17-19,21,23,40,44-47,50-52,54-59,62H,13,15-16,20,22,24-39,41-43H2,1-12H3/b18-17+,21-19+,48-23+,49-40+,53-14-,65-60?/t45?,46-,47?,50-,51?,52?,54?,55?,58?,59?,62?,64-/m1/s1. The first kappa shape index (κ1) is 60.8. The molecule has 3 aliphatic carbocycles. The number of methoxy groups -OCH3 is 2. The Kier molecular flexibility index (Phi) is 27.3. The summed E-state index contributed by atoms with van der Waals surface area (Å²) < 4.78 is 17.5. The lowest BCUT2D eigenvalue weighted by atomic mass is 9.80. The molecule has 0 aromatic carbocycles. The fourth-order valence-electron chi connectivity index (χ4n) is 12.8. The number of aldehydes is 1. The second-order valence-corrected chi connectivity index (χ2v) is 23.4. The Labute approximate surface area is 435 Å². The Hall–Kier alpha value is -2.74. The predicted molar refractivity (Wildman–Crippen MR) is 298 cm³/mol. The first-order valence-electron chi connectivity index (χ1n) is 29.3. The number of nitrogens with zero attached hydrogens (tertiary/aromatic N) is 1. The van der Waals surface area contributed by atoms with Gasteiger partial charge in [-0.25, -0.2) is 0 Å². The van der Waals surface area contributed by atoms with Crippen LogP contribution >= 0.6 is 0 Å². The normalized spacial score (nSPS) is 27.9. The van der Waals surface area contributed by atoms with Gasteiger partial charge in [-0.15, -0.1) is 0 Å². The Morgan fingerprint density at radius 3 is 2.18 bits per heavy atom. The summed E-state index contributed by atoms with van der Waals surface area (Å²) in [5.74, 6) is 5.04. The van der Waals surface area contributed by atoms with Gasteiger partial charge < -0.3 is 14.2 Å². The van der Waals surface area contributed by atoms with Gasteiger partial charge in [-0.1, -0.05) is 115 Å². The van der Waals surface area contributed by atoms with Crippen LogP contribution in [0.4, 0.5) is 0 Å². The highest BCUT2D eigenvalue weighted by molar-refractivity contribution is 6.28. The Morgan fingerprint density at radius 2 is 1.55 bits per heavy atom. The number of Topliss-reactive ketones (excluding diaryl/α,β-unsaturated/α-hetero) is 2. The SMILES string of the molecule is C/C=C(/CC)C(CCC(CC)CC1CCC(CCC(CCC(C)/C=C(\C)C(CC(=O)C(C)CC/C=C/C=C/C=C(\C)C(CC2CC[C@@H](C)[C@](OC)(C(=O)C=O)O2)OC)C2CC2)C2CC2)[C@H](C)CC1)=NCC. The van der Waals surface area contributed by atoms with Crippen molar-refractivity contribution in [2.45, 2.75) is 235 Å². The van der Waals surface area contributed by atoms with Crippen LogP contribution in [0.3, 0.4) is 0 Å². The molecule has 0 amide bonds. The molecule has 1 aliphatic heterocycles. The smallest absolute Gasteiger partial charge is 0.254 e. The summed E-state index contributed by atoms with van der Waals surface area (Å²) in [5.41, 5.74) is 5.33. The molecule has 0 N–H and O–H groups in total. The van der Waals surface area contributed by atoms with E-state index in [1.165, 1.54) is 120 Å². The molecule has 0 spiro atoms. The molecule has 0 aromatic heterocycles. The molecule has 0 bridgehead atoms. The topological polar surface area (TPSA) is 91.3 Å². The second-order valence-electron chi connectivity index (χ2n) is 23.4. The molecule has 402 valence electrons. The number of aliphatic imine (C=N–C) groups is 1.